The molecule has 17 heavy (non-hydrogen) atoms. The van der Waals surface area contributed by atoms with Gasteiger partial charge in [-0.1, -0.05) is 0 Å². The molecule has 0 aromatic carbocycles. The summed E-state index contributed by atoms with van der Waals surface area (Å²) in [6, 6.07) is 2.05. The summed E-state index contributed by atoms with van der Waals surface area (Å²) in [5.41, 5.74) is 2.21. The monoisotopic (exact) mass is 230 g/mol. The van der Waals surface area contributed by atoms with E-state index in [1.54, 1.807) is 0 Å². The number of fused-ring (bicyclic) bond motifs is 1. The first-order chi connectivity index (χ1) is 8.24. The molecule has 1 unspecified atom stereocenters. The number of nitrogens with zero attached hydrogens (tertiary/aromatic N) is 3. The molecule has 4 heteroatoms. The number of rotatable bonds is 2. The van der Waals surface area contributed by atoms with Crippen LogP contribution in [0.15, 0.2) is 18.5 Å². The van der Waals surface area contributed by atoms with Crippen LogP contribution in [0.25, 0.3) is 11.0 Å². The SMILES string of the molecule is CCn1c(C2(C)CCCN2)nc2cnccc21. The normalized spacial score (nSPS) is 24.6. The van der Waals surface area contributed by atoms with Gasteiger partial charge in [-0.2, -0.15) is 0 Å². The number of imidazole rings is 1. The zero-order chi connectivity index (χ0) is 11.9. The molecule has 1 aliphatic rings. The minimum Gasteiger partial charge on any atom is -0.327 e. The van der Waals surface area contributed by atoms with Gasteiger partial charge in [-0.3, -0.25) is 4.98 Å². The molecular formula is C13H18N4. The van der Waals surface area contributed by atoms with E-state index in [2.05, 4.69) is 28.7 Å². The fraction of sp³-hybridized carbons (Fsp3) is 0.538. The molecule has 90 valence electrons. The number of hydrogen-bond donors (Lipinski definition) is 1. The van der Waals surface area contributed by atoms with Gasteiger partial charge in [0.1, 0.15) is 11.3 Å². The van der Waals surface area contributed by atoms with Gasteiger partial charge in [0.05, 0.1) is 17.3 Å². The number of aryl methyl sites for hydroxylation is 1. The van der Waals surface area contributed by atoms with Crippen LogP contribution in [0.5, 0.6) is 0 Å². The Morgan fingerprint density at radius 3 is 3.12 bits per heavy atom. The first kappa shape index (κ1) is 10.7. The van der Waals surface area contributed by atoms with Gasteiger partial charge >= 0.3 is 0 Å². The topological polar surface area (TPSA) is 42.7 Å². The lowest BCUT2D eigenvalue weighted by atomic mass is 9.99. The van der Waals surface area contributed by atoms with Crippen LogP contribution in [-0.4, -0.2) is 21.1 Å². The Kier molecular flexibility index (Phi) is 2.40. The average Bonchev–Trinajstić information content (AvgIpc) is 2.93. The third-order valence-corrected chi connectivity index (χ3v) is 3.73. The molecule has 0 bridgehead atoms. The van der Waals surface area contributed by atoms with E-state index < -0.39 is 0 Å². The van der Waals surface area contributed by atoms with Crippen LogP contribution >= 0.6 is 0 Å². The highest BCUT2D eigenvalue weighted by molar-refractivity contribution is 5.75. The van der Waals surface area contributed by atoms with Crippen molar-refractivity contribution in [2.24, 2.45) is 0 Å². The van der Waals surface area contributed by atoms with E-state index in [1.807, 2.05) is 18.5 Å². The highest BCUT2D eigenvalue weighted by Gasteiger charge is 2.34. The molecule has 3 heterocycles. The maximum Gasteiger partial charge on any atom is 0.130 e. The maximum absolute atomic E-state index is 4.78. The van der Waals surface area contributed by atoms with Crippen molar-refractivity contribution in [1.82, 2.24) is 19.9 Å². The third kappa shape index (κ3) is 1.55. The molecule has 0 spiro atoms. The van der Waals surface area contributed by atoms with E-state index in [4.69, 9.17) is 4.98 Å². The highest BCUT2D eigenvalue weighted by Crippen LogP contribution is 2.31. The van der Waals surface area contributed by atoms with Gasteiger partial charge in [0.25, 0.3) is 0 Å². The lowest BCUT2D eigenvalue weighted by Gasteiger charge is -2.24. The second-order valence-electron chi connectivity index (χ2n) is 4.91. The number of aromatic nitrogens is 3. The van der Waals surface area contributed by atoms with E-state index in [0.717, 1.165) is 30.9 Å². The predicted octanol–water partition coefficient (Wildman–Crippen LogP) is 2.05. The van der Waals surface area contributed by atoms with Gasteiger partial charge in [-0.05, 0) is 39.3 Å². The van der Waals surface area contributed by atoms with Gasteiger partial charge in [-0.15, -0.1) is 0 Å². The molecular weight excluding hydrogens is 212 g/mol. The molecule has 2 aromatic heterocycles. The van der Waals surface area contributed by atoms with Crippen molar-refractivity contribution in [1.29, 1.82) is 0 Å². The minimum absolute atomic E-state index is 0.0228. The molecule has 1 saturated heterocycles. The summed E-state index contributed by atoms with van der Waals surface area (Å²) in [6.07, 6.45) is 6.07. The fourth-order valence-electron chi connectivity index (χ4n) is 2.81. The number of pyridine rings is 1. The zero-order valence-electron chi connectivity index (χ0n) is 10.4. The molecule has 0 aliphatic carbocycles. The van der Waals surface area contributed by atoms with Crippen LogP contribution in [0.3, 0.4) is 0 Å². The molecule has 4 nitrogen and oxygen atoms in total. The van der Waals surface area contributed by atoms with Crippen molar-refractivity contribution >= 4 is 11.0 Å². The molecule has 3 rings (SSSR count). The summed E-state index contributed by atoms with van der Waals surface area (Å²) < 4.78 is 2.30. The average molecular weight is 230 g/mol. The van der Waals surface area contributed by atoms with E-state index in [-0.39, 0.29) is 5.54 Å². The van der Waals surface area contributed by atoms with Gasteiger partial charge in [0.2, 0.25) is 0 Å². The highest BCUT2D eigenvalue weighted by atomic mass is 15.2. The van der Waals surface area contributed by atoms with Gasteiger partial charge in [0, 0.05) is 12.7 Å². The van der Waals surface area contributed by atoms with Crippen LogP contribution in [0.2, 0.25) is 0 Å². The summed E-state index contributed by atoms with van der Waals surface area (Å²) in [4.78, 5) is 8.93. The minimum atomic E-state index is 0.0228. The molecule has 0 radical (unpaired) electrons. The zero-order valence-corrected chi connectivity index (χ0v) is 10.4. The van der Waals surface area contributed by atoms with Crippen LogP contribution in [-0.2, 0) is 12.1 Å². The molecule has 2 aromatic rings. The fourth-order valence-corrected chi connectivity index (χ4v) is 2.81. The van der Waals surface area contributed by atoms with Crippen molar-refractivity contribution in [2.45, 2.75) is 38.8 Å². The summed E-state index contributed by atoms with van der Waals surface area (Å²) in [5.74, 6) is 1.15. The molecule has 1 aliphatic heterocycles. The van der Waals surface area contributed by atoms with E-state index in [9.17, 15) is 0 Å². The summed E-state index contributed by atoms with van der Waals surface area (Å²) in [7, 11) is 0. The maximum atomic E-state index is 4.78. The lowest BCUT2D eigenvalue weighted by molar-refractivity contribution is 0.391. The third-order valence-electron chi connectivity index (χ3n) is 3.73. The second-order valence-corrected chi connectivity index (χ2v) is 4.91. The van der Waals surface area contributed by atoms with E-state index >= 15 is 0 Å². The van der Waals surface area contributed by atoms with Crippen LogP contribution < -0.4 is 5.32 Å². The Morgan fingerprint density at radius 1 is 1.53 bits per heavy atom. The van der Waals surface area contributed by atoms with Crippen molar-refractivity contribution in [3.8, 4) is 0 Å². The van der Waals surface area contributed by atoms with Gasteiger partial charge in [-0.25, -0.2) is 4.98 Å². The molecule has 0 amide bonds. The molecule has 1 atom stereocenters. The van der Waals surface area contributed by atoms with Crippen molar-refractivity contribution in [3.63, 3.8) is 0 Å². The molecule has 0 saturated carbocycles. The number of nitrogens with one attached hydrogen (secondary N) is 1. The largest absolute Gasteiger partial charge is 0.327 e. The first-order valence-corrected chi connectivity index (χ1v) is 6.30. The molecule has 1 fully saturated rings. The van der Waals surface area contributed by atoms with E-state index in [1.165, 1.54) is 11.9 Å². The van der Waals surface area contributed by atoms with Crippen LogP contribution in [0, 0.1) is 0 Å². The van der Waals surface area contributed by atoms with Crippen molar-refractivity contribution < 1.29 is 0 Å². The predicted molar refractivity (Wildman–Crippen MR) is 67.8 cm³/mol. The standard InChI is InChI=1S/C13H18N4/c1-3-17-11-5-8-14-9-10(11)16-12(17)13(2)6-4-7-15-13/h5,8-9,15H,3-4,6-7H2,1-2H3. The smallest absolute Gasteiger partial charge is 0.130 e. The summed E-state index contributed by atoms with van der Waals surface area (Å²) in [5, 5.41) is 3.58. The summed E-state index contributed by atoms with van der Waals surface area (Å²) in [6.45, 7) is 6.46. The van der Waals surface area contributed by atoms with Crippen molar-refractivity contribution in [2.75, 3.05) is 6.54 Å². The Labute approximate surface area is 101 Å². The van der Waals surface area contributed by atoms with Gasteiger partial charge < -0.3 is 9.88 Å². The van der Waals surface area contributed by atoms with E-state index in [0.29, 0.717) is 0 Å². The van der Waals surface area contributed by atoms with Crippen molar-refractivity contribution in [3.05, 3.63) is 24.3 Å². The second kappa shape index (κ2) is 3.81. The summed E-state index contributed by atoms with van der Waals surface area (Å²) >= 11 is 0. The van der Waals surface area contributed by atoms with Gasteiger partial charge in [0.15, 0.2) is 0 Å². The Bertz CT molecular complexity index is 537. The first-order valence-electron chi connectivity index (χ1n) is 6.30. The Balaban J connectivity index is 2.21. The Morgan fingerprint density at radius 2 is 2.41 bits per heavy atom. The Hall–Kier alpha value is -1.42. The molecule has 1 N–H and O–H groups in total. The van der Waals surface area contributed by atoms with Crippen LogP contribution in [0.4, 0.5) is 0 Å². The van der Waals surface area contributed by atoms with Crippen LogP contribution in [0.1, 0.15) is 32.5 Å². The lowest BCUT2D eigenvalue weighted by Crippen LogP contribution is -2.36. The quantitative estimate of drug-likeness (QED) is 0.858. The number of hydrogen-bond acceptors (Lipinski definition) is 3.